The molecule has 0 heterocycles. The highest BCUT2D eigenvalue weighted by atomic mass is 16.5. The summed E-state index contributed by atoms with van der Waals surface area (Å²) in [5.74, 6) is 0.0499. The summed E-state index contributed by atoms with van der Waals surface area (Å²) in [5, 5.41) is 11.7. The number of aryl methyl sites for hydroxylation is 1. The monoisotopic (exact) mass is 384 g/mol. The summed E-state index contributed by atoms with van der Waals surface area (Å²) >= 11 is 0. The summed E-state index contributed by atoms with van der Waals surface area (Å²) in [6, 6.07) is 19.1. The Bertz CT molecular complexity index is 1120. The van der Waals surface area contributed by atoms with Gasteiger partial charge in [-0.2, -0.15) is 0 Å². The number of carboxylic acid groups (broad SMARTS) is 1. The molecule has 5 rings (SSSR count). The number of ether oxygens (including phenoxy) is 1. The molecule has 3 aromatic rings. The van der Waals surface area contributed by atoms with Crippen molar-refractivity contribution in [1.29, 1.82) is 0 Å². The van der Waals surface area contributed by atoms with Crippen molar-refractivity contribution in [2.24, 2.45) is 0 Å². The summed E-state index contributed by atoms with van der Waals surface area (Å²) < 4.78 is 6.48. The lowest BCUT2D eigenvalue weighted by Gasteiger charge is -2.19. The SMILES string of the molecule is O=C(O)C=C1CCc2cc(OC3CCCC3)c(-c3ccc4ccccc4c3)cc21. The van der Waals surface area contributed by atoms with Gasteiger partial charge in [0.25, 0.3) is 0 Å². The van der Waals surface area contributed by atoms with Crippen LogP contribution in [0.4, 0.5) is 0 Å². The quantitative estimate of drug-likeness (QED) is 0.541. The van der Waals surface area contributed by atoms with Crippen molar-refractivity contribution in [3.05, 3.63) is 71.8 Å². The van der Waals surface area contributed by atoms with E-state index in [4.69, 9.17) is 4.74 Å². The van der Waals surface area contributed by atoms with Gasteiger partial charge in [-0.05, 0) is 89.8 Å². The Morgan fingerprint density at radius 3 is 2.52 bits per heavy atom. The van der Waals surface area contributed by atoms with Crippen LogP contribution in [0.1, 0.15) is 43.2 Å². The zero-order chi connectivity index (χ0) is 19.8. The number of rotatable bonds is 4. The van der Waals surface area contributed by atoms with E-state index in [1.54, 1.807) is 0 Å². The second-order valence-corrected chi connectivity index (χ2v) is 8.10. The maximum absolute atomic E-state index is 11.3. The van der Waals surface area contributed by atoms with E-state index in [-0.39, 0.29) is 6.10 Å². The van der Waals surface area contributed by atoms with Crippen molar-refractivity contribution in [3.8, 4) is 16.9 Å². The van der Waals surface area contributed by atoms with Gasteiger partial charge in [-0.15, -0.1) is 0 Å². The molecule has 0 saturated heterocycles. The van der Waals surface area contributed by atoms with Crippen LogP contribution in [-0.2, 0) is 11.2 Å². The van der Waals surface area contributed by atoms with Gasteiger partial charge in [0.1, 0.15) is 5.75 Å². The highest BCUT2D eigenvalue weighted by molar-refractivity contribution is 5.94. The Hall–Kier alpha value is -3.07. The van der Waals surface area contributed by atoms with Crippen molar-refractivity contribution < 1.29 is 14.6 Å². The fourth-order valence-electron chi connectivity index (χ4n) is 4.70. The fraction of sp³-hybridized carbons (Fsp3) is 0.269. The number of aliphatic carboxylic acids is 1. The van der Waals surface area contributed by atoms with Gasteiger partial charge in [-0.1, -0.05) is 36.4 Å². The zero-order valence-electron chi connectivity index (χ0n) is 16.4. The minimum atomic E-state index is -0.883. The third-order valence-electron chi connectivity index (χ3n) is 6.17. The Morgan fingerprint density at radius 2 is 1.72 bits per heavy atom. The predicted molar refractivity (Wildman–Crippen MR) is 116 cm³/mol. The molecule has 3 heteroatoms. The van der Waals surface area contributed by atoms with Crippen LogP contribution in [0.25, 0.3) is 27.5 Å². The molecular formula is C26H24O3. The molecule has 1 fully saturated rings. The first-order valence-corrected chi connectivity index (χ1v) is 10.4. The van der Waals surface area contributed by atoms with Gasteiger partial charge in [0, 0.05) is 11.6 Å². The van der Waals surface area contributed by atoms with Crippen molar-refractivity contribution >= 4 is 22.3 Å². The van der Waals surface area contributed by atoms with Crippen molar-refractivity contribution in [2.75, 3.05) is 0 Å². The molecule has 146 valence electrons. The molecule has 1 saturated carbocycles. The van der Waals surface area contributed by atoms with Crippen molar-refractivity contribution in [1.82, 2.24) is 0 Å². The van der Waals surface area contributed by atoms with E-state index in [2.05, 4.69) is 54.6 Å². The first kappa shape index (κ1) is 18.0. The third kappa shape index (κ3) is 3.53. The largest absolute Gasteiger partial charge is 0.490 e. The number of hydrogen-bond acceptors (Lipinski definition) is 2. The van der Waals surface area contributed by atoms with Crippen LogP contribution in [0.15, 0.2) is 60.7 Å². The second kappa shape index (κ2) is 7.40. The summed E-state index contributed by atoms with van der Waals surface area (Å²) in [6.45, 7) is 0. The Labute approximate surface area is 170 Å². The molecule has 0 amide bonds. The maximum Gasteiger partial charge on any atom is 0.328 e. The van der Waals surface area contributed by atoms with E-state index in [0.29, 0.717) is 0 Å². The molecule has 3 aromatic carbocycles. The van der Waals surface area contributed by atoms with Crippen LogP contribution < -0.4 is 4.74 Å². The highest BCUT2D eigenvalue weighted by Crippen LogP contribution is 2.42. The normalized spacial score (nSPS) is 17.7. The smallest absolute Gasteiger partial charge is 0.328 e. The predicted octanol–water partition coefficient (Wildman–Crippen LogP) is 6.24. The first-order chi connectivity index (χ1) is 14.2. The van der Waals surface area contributed by atoms with E-state index in [1.165, 1.54) is 35.3 Å². The average Bonchev–Trinajstić information content (AvgIpc) is 3.37. The molecule has 1 N–H and O–H groups in total. The molecule has 2 aliphatic carbocycles. The van der Waals surface area contributed by atoms with E-state index < -0.39 is 5.97 Å². The number of carboxylic acids is 1. The van der Waals surface area contributed by atoms with Gasteiger partial charge in [-0.25, -0.2) is 4.79 Å². The molecular weight excluding hydrogens is 360 g/mol. The van der Waals surface area contributed by atoms with Crippen molar-refractivity contribution in [3.63, 3.8) is 0 Å². The number of carbonyl (C=O) groups is 1. The Morgan fingerprint density at radius 1 is 0.931 bits per heavy atom. The van der Waals surface area contributed by atoms with Gasteiger partial charge < -0.3 is 9.84 Å². The molecule has 29 heavy (non-hydrogen) atoms. The van der Waals surface area contributed by atoms with E-state index >= 15 is 0 Å². The van der Waals surface area contributed by atoms with E-state index in [0.717, 1.165) is 53.7 Å². The highest BCUT2D eigenvalue weighted by Gasteiger charge is 2.24. The lowest BCUT2D eigenvalue weighted by molar-refractivity contribution is -0.131. The number of hydrogen-bond donors (Lipinski definition) is 1. The van der Waals surface area contributed by atoms with Crippen molar-refractivity contribution in [2.45, 2.75) is 44.6 Å². The van der Waals surface area contributed by atoms with Crippen LogP contribution >= 0.6 is 0 Å². The summed E-state index contributed by atoms with van der Waals surface area (Å²) in [7, 11) is 0. The van der Waals surface area contributed by atoms with Gasteiger partial charge in [0.05, 0.1) is 6.10 Å². The number of benzene rings is 3. The maximum atomic E-state index is 11.3. The van der Waals surface area contributed by atoms with Gasteiger partial charge >= 0.3 is 5.97 Å². The van der Waals surface area contributed by atoms with Crippen LogP contribution in [-0.4, -0.2) is 17.2 Å². The molecule has 2 aliphatic rings. The lowest BCUT2D eigenvalue weighted by atomic mass is 9.96. The van der Waals surface area contributed by atoms with Crippen LogP contribution in [0.3, 0.4) is 0 Å². The summed E-state index contributed by atoms with van der Waals surface area (Å²) in [5.41, 5.74) is 5.31. The topological polar surface area (TPSA) is 46.5 Å². The zero-order valence-corrected chi connectivity index (χ0v) is 16.4. The first-order valence-electron chi connectivity index (χ1n) is 10.4. The van der Waals surface area contributed by atoms with Gasteiger partial charge in [0.15, 0.2) is 0 Å². The van der Waals surface area contributed by atoms with Gasteiger partial charge in [0.2, 0.25) is 0 Å². The minimum Gasteiger partial charge on any atom is -0.490 e. The molecule has 0 bridgehead atoms. The standard InChI is InChI=1S/C26H24O3/c27-26(28)15-21-12-11-20-14-25(29-22-7-3-4-8-22)24(16-23(20)21)19-10-9-17-5-1-2-6-18(17)13-19/h1-2,5-6,9-10,13-16,22H,3-4,7-8,11-12H2,(H,27,28). The van der Waals surface area contributed by atoms with Gasteiger partial charge in [-0.3, -0.25) is 0 Å². The molecule has 0 aromatic heterocycles. The molecule has 0 spiro atoms. The van der Waals surface area contributed by atoms with Crippen LogP contribution in [0.5, 0.6) is 5.75 Å². The molecule has 3 nitrogen and oxygen atoms in total. The molecule has 0 radical (unpaired) electrons. The van der Waals surface area contributed by atoms with Crippen LogP contribution in [0.2, 0.25) is 0 Å². The molecule has 0 aliphatic heterocycles. The molecule has 0 unspecified atom stereocenters. The lowest BCUT2D eigenvalue weighted by Crippen LogP contribution is -2.12. The molecule has 0 atom stereocenters. The Balaban J connectivity index is 1.64. The van der Waals surface area contributed by atoms with E-state index in [1.807, 2.05) is 0 Å². The fourth-order valence-corrected chi connectivity index (χ4v) is 4.70. The number of fused-ring (bicyclic) bond motifs is 2. The Kier molecular flexibility index (Phi) is 4.59. The van der Waals surface area contributed by atoms with Crippen LogP contribution in [0, 0.1) is 0 Å². The third-order valence-corrected chi connectivity index (χ3v) is 6.17. The van der Waals surface area contributed by atoms with E-state index in [9.17, 15) is 9.90 Å². The minimum absolute atomic E-state index is 0.280. The summed E-state index contributed by atoms with van der Waals surface area (Å²) in [4.78, 5) is 11.3. The summed E-state index contributed by atoms with van der Waals surface area (Å²) in [6.07, 6.45) is 7.95. The second-order valence-electron chi connectivity index (χ2n) is 8.10. The number of allylic oxidation sites excluding steroid dienone is 1. The average molecular weight is 384 g/mol.